The highest BCUT2D eigenvalue weighted by molar-refractivity contribution is 6.17. The molecule has 0 aromatic rings. The first-order valence-electron chi connectivity index (χ1n) is 5.07. The van der Waals surface area contributed by atoms with Crippen molar-refractivity contribution in [1.82, 2.24) is 0 Å². The van der Waals surface area contributed by atoms with Crippen molar-refractivity contribution in [2.75, 3.05) is 6.61 Å². The van der Waals surface area contributed by atoms with E-state index in [4.69, 9.17) is 4.74 Å². The fourth-order valence-electron chi connectivity index (χ4n) is 1.79. The number of Topliss-reactive ketones (excluding diaryl/α,β-unsaturated/α-hetero) is 1. The molecule has 0 aromatic heterocycles. The number of allylic oxidation sites excluding steroid dienone is 1. The second-order valence-electron chi connectivity index (χ2n) is 3.46. The smallest absolute Gasteiger partial charge is 0.341 e. The zero-order valence-electron chi connectivity index (χ0n) is 8.76. The molecule has 14 heavy (non-hydrogen) atoms. The van der Waals surface area contributed by atoms with Crippen LogP contribution in [0.3, 0.4) is 0 Å². The minimum Gasteiger partial charge on any atom is -0.462 e. The Bertz CT molecular complexity index is 268. The second kappa shape index (κ2) is 4.94. The van der Waals surface area contributed by atoms with Crippen LogP contribution in [0.5, 0.6) is 0 Å². The Morgan fingerprint density at radius 2 is 1.86 bits per heavy atom. The Kier molecular flexibility index (Phi) is 3.86. The van der Waals surface area contributed by atoms with Gasteiger partial charge in [-0.15, -0.1) is 0 Å². The van der Waals surface area contributed by atoms with Crippen LogP contribution in [0, 0.1) is 0 Å². The molecule has 0 saturated heterocycles. The van der Waals surface area contributed by atoms with Crippen molar-refractivity contribution < 1.29 is 14.3 Å². The summed E-state index contributed by atoms with van der Waals surface area (Å²) in [7, 11) is 0. The molecule has 78 valence electrons. The number of ketones is 1. The van der Waals surface area contributed by atoms with Gasteiger partial charge < -0.3 is 4.74 Å². The van der Waals surface area contributed by atoms with Crippen LogP contribution in [0.2, 0.25) is 0 Å². The lowest BCUT2D eigenvalue weighted by Crippen LogP contribution is -2.15. The topological polar surface area (TPSA) is 43.4 Å². The van der Waals surface area contributed by atoms with Gasteiger partial charge in [-0.05, 0) is 39.5 Å². The molecule has 1 fully saturated rings. The molecule has 0 unspecified atom stereocenters. The molecule has 3 nitrogen and oxygen atoms in total. The molecule has 0 aromatic carbocycles. The molecule has 3 heteroatoms. The van der Waals surface area contributed by atoms with E-state index in [0.29, 0.717) is 12.2 Å². The molecule has 1 aliphatic carbocycles. The highest BCUT2D eigenvalue weighted by atomic mass is 16.5. The van der Waals surface area contributed by atoms with Gasteiger partial charge in [0, 0.05) is 0 Å². The number of esters is 1. The van der Waals surface area contributed by atoms with Crippen LogP contribution in [0.4, 0.5) is 0 Å². The van der Waals surface area contributed by atoms with E-state index >= 15 is 0 Å². The van der Waals surface area contributed by atoms with Gasteiger partial charge in [-0.3, -0.25) is 4.79 Å². The number of carbonyl (C=O) groups excluding carboxylic acids is 2. The predicted molar refractivity (Wildman–Crippen MR) is 52.8 cm³/mol. The van der Waals surface area contributed by atoms with Gasteiger partial charge in [0.2, 0.25) is 0 Å². The second-order valence-corrected chi connectivity index (χ2v) is 3.46. The molecule has 1 rings (SSSR count). The third-order valence-electron chi connectivity index (χ3n) is 2.39. The largest absolute Gasteiger partial charge is 0.462 e. The number of carbonyl (C=O) groups is 2. The van der Waals surface area contributed by atoms with Crippen LogP contribution < -0.4 is 0 Å². The lowest BCUT2D eigenvalue weighted by Gasteiger charge is -2.06. The summed E-state index contributed by atoms with van der Waals surface area (Å²) in [5.41, 5.74) is 1.28. The summed E-state index contributed by atoms with van der Waals surface area (Å²) < 4.78 is 4.86. The highest BCUT2D eigenvalue weighted by Crippen LogP contribution is 2.27. The first-order chi connectivity index (χ1) is 6.66. The molecule has 0 aliphatic heterocycles. The Labute approximate surface area is 84.1 Å². The molecule has 0 heterocycles. The summed E-state index contributed by atoms with van der Waals surface area (Å²) in [6, 6.07) is 0. The quantitative estimate of drug-likeness (QED) is 0.300. The Morgan fingerprint density at radius 3 is 2.29 bits per heavy atom. The molecule has 0 amide bonds. The normalized spacial score (nSPS) is 15.4. The van der Waals surface area contributed by atoms with Crippen molar-refractivity contribution in [1.29, 1.82) is 0 Å². The summed E-state index contributed by atoms with van der Waals surface area (Å²) >= 11 is 0. The zero-order chi connectivity index (χ0) is 10.6. The van der Waals surface area contributed by atoms with E-state index in [2.05, 4.69) is 0 Å². The molecule has 0 N–H and O–H groups in total. The Hall–Kier alpha value is -1.12. The minimum absolute atomic E-state index is 0.166. The molecule has 0 bridgehead atoms. The van der Waals surface area contributed by atoms with Crippen molar-refractivity contribution in [2.45, 2.75) is 39.5 Å². The van der Waals surface area contributed by atoms with E-state index in [1.54, 1.807) is 6.92 Å². The maximum atomic E-state index is 11.5. The standard InChI is InChI=1S/C11H16O3/c1-3-14-11(13)10(8(2)12)9-6-4-5-7-9/h3-7H2,1-2H3. The van der Waals surface area contributed by atoms with Crippen LogP contribution in [0.1, 0.15) is 39.5 Å². The van der Waals surface area contributed by atoms with Crippen LogP contribution in [-0.2, 0) is 14.3 Å². The fraction of sp³-hybridized carbons (Fsp3) is 0.636. The van der Waals surface area contributed by atoms with E-state index in [1.807, 2.05) is 0 Å². The van der Waals surface area contributed by atoms with Gasteiger partial charge in [-0.25, -0.2) is 4.79 Å². The van der Waals surface area contributed by atoms with Crippen molar-refractivity contribution in [3.63, 3.8) is 0 Å². The maximum Gasteiger partial charge on any atom is 0.341 e. The number of rotatable bonds is 3. The van der Waals surface area contributed by atoms with Gasteiger partial charge in [0.25, 0.3) is 0 Å². The third-order valence-corrected chi connectivity index (χ3v) is 2.39. The highest BCUT2D eigenvalue weighted by Gasteiger charge is 2.22. The van der Waals surface area contributed by atoms with Gasteiger partial charge in [-0.1, -0.05) is 5.57 Å². The van der Waals surface area contributed by atoms with E-state index < -0.39 is 5.97 Å². The van der Waals surface area contributed by atoms with Crippen LogP contribution in [0.15, 0.2) is 11.1 Å². The summed E-state index contributed by atoms with van der Waals surface area (Å²) in [5, 5.41) is 0. The van der Waals surface area contributed by atoms with Gasteiger partial charge >= 0.3 is 5.97 Å². The number of hydrogen-bond acceptors (Lipinski definition) is 3. The lowest BCUT2D eigenvalue weighted by molar-refractivity contribution is -0.139. The summed E-state index contributed by atoms with van der Waals surface area (Å²) in [6.45, 7) is 3.50. The zero-order valence-corrected chi connectivity index (χ0v) is 8.76. The molecular formula is C11H16O3. The van der Waals surface area contributed by atoms with E-state index in [-0.39, 0.29) is 5.78 Å². The Balaban J connectivity index is 2.88. The van der Waals surface area contributed by atoms with Crippen molar-refractivity contribution in [2.24, 2.45) is 0 Å². The van der Waals surface area contributed by atoms with Crippen molar-refractivity contribution >= 4 is 11.8 Å². The number of ether oxygens (including phenoxy) is 1. The average molecular weight is 196 g/mol. The fourth-order valence-corrected chi connectivity index (χ4v) is 1.79. The van der Waals surface area contributed by atoms with Gasteiger partial charge in [0.05, 0.1) is 6.61 Å². The third kappa shape index (κ3) is 2.44. The monoisotopic (exact) mass is 196 g/mol. The first-order valence-corrected chi connectivity index (χ1v) is 5.07. The van der Waals surface area contributed by atoms with Crippen LogP contribution in [0.25, 0.3) is 0 Å². The van der Waals surface area contributed by atoms with Crippen LogP contribution in [-0.4, -0.2) is 18.4 Å². The molecule has 0 radical (unpaired) electrons. The van der Waals surface area contributed by atoms with Gasteiger partial charge in [0.1, 0.15) is 5.57 Å². The minimum atomic E-state index is -0.447. The average Bonchev–Trinajstić information content (AvgIpc) is 2.57. The predicted octanol–water partition coefficient (Wildman–Crippen LogP) is 2.01. The molecule has 0 spiro atoms. The SMILES string of the molecule is CCOC(=O)C(C(C)=O)=C1CCCC1. The van der Waals surface area contributed by atoms with Crippen molar-refractivity contribution in [3.8, 4) is 0 Å². The van der Waals surface area contributed by atoms with E-state index in [9.17, 15) is 9.59 Å². The summed E-state index contributed by atoms with van der Waals surface area (Å²) in [4.78, 5) is 22.8. The Morgan fingerprint density at radius 1 is 1.29 bits per heavy atom. The lowest BCUT2D eigenvalue weighted by atomic mass is 10.0. The molecule has 1 saturated carbocycles. The molecule has 0 atom stereocenters. The summed E-state index contributed by atoms with van der Waals surface area (Å²) in [5.74, 6) is -0.614. The van der Waals surface area contributed by atoms with Gasteiger partial charge in [-0.2, -0.15) is 0 Å². The van der Waals surface area contributed by atoms with E-state index in [1.165, 1.54) is 6.92 Å². The van der Waals surface area contributed by atoms with Crippen molar-refractivity contribution in [3.05, 3.63) is 11.1 Å². The number of hydrogen-bond donors (Lipinski definition) is 0. The molecule has 1 aliphatic rings. The maximum absolute atomic E-state index is 11.5. The molecular weight excluding hydrogens is 180 g/mol. The first kappa shape index (κ1) is 11.0. The van der Waals surface area contributed by atoms with E-state index in [0.717, 1.165) is 31.3 Å². The van der Waals surface area contributed by atoms with Gasteiger partial charge in [0.15, 0.2) is 5.78 Å². The van der Waals surface area contributed by atoms with Crippen LogP contribution >= 0.6 is 0 Å². The summed E-state index contributed by atoms with van der Waals surface area (Å²) in [6.07, 6.45) is 3.89.